The first kappa shape index (κ1) is 18.4. The molecule has 7 heteroatoms. The number of ether oxygens (including phenoxy) is 1. The molecule has 2 aliphatic rings. The maximum Gasteiger partial charge on any atom is 0.226 e. The van der Waals surface area contributed by atoms with Gasteiger partial charge >= 0.3 is 0 Å². The number of amides is 1. The van der Waals surface area contributed by atoms with Crippen molar-refractivity contribution in [1.82, 2.24) is 9.62 Å². The Labute approximate surface area is 149 Å². The summed E-state index contributed by atoms with van der Waals surface area (Å²) < 4.78 is 32.3. The fourth-order valence-corrected chi connectivity index (χ4v) is 5.39. The van der Waals surface area contributed by atoms with Gasteiger partial charge in [-0.15, -0.1) is 0 Å². The minimum Gasteiger partial charge on any atom is -0.371 e. The van der Waals surface area contributed by atoms with Crippen LogP contribution >= 0.6 is 0 Å². The van der Waals surface area contributed by atoms with E-state index in [-0.39, 0.29) is 42.2 Å². The molecule has 6 nitrogen and oxygen atoms in total. The molecule has 0 unspecified atom stereocenters. The number of carbonyl (C=O) groups is 1. The first-order valence-electron chi connectivity index (χ1n) is 8.80. The van der Waals surface area contributed by atoms with Crippen LogP contribution in [0.25, 0.3) is 0 Å². The monoisotopic (exact) mass is 366 g/mol. The summed E-state index contributed by atoms with van der Waals surface area (Å²) in [6, 6.07) is 9.73. The lowest BCUT2D eigenvalue weighted by atomic mass is 9.99. The minimum atomic E-state index is -3.29. The highest BCUT2D eigenvalue weighted by atomic mass is 32.2. The van der Waals surface area contributed by atoms with E-state index in [0.29, 0.717) is 19.5 Å². The van der Waals surface area contributed by atoms with Crippen molar-refractivity contribution in [1.29, 1.82) is 0 Å². The Morgan fingerprint density at radius 1 is 1.28 bits per heavy atom. The number of nitrogens with one attached hydrogen (secondary N) is 1. The molecule has 2 fully saturated rings. The second kappa shape index (κ2) is 7.43. The van der Waals surface area contributed by atoms with Crippen molar-refractivity contribution in [2.75, 3.05) is 18.8 Å². The van der Waals surface area contributed by atoms with Gasteiger partial charge in [0.05, 0.1) is 23.9 Å². The van der Waals surface area contributed by atoms with E-state index >= 15 is 0 Å². The molecule has 2 bridgehead atoms. The van der Waals surface area contributed by atoms with Crippen molar-refractivity contribution in [3.8, 4) is 0 Å². The van der Waals surface area contributed by atoms with E-state index in [2.05, 4.69) is 5.32 Å². The molecule has 2 heterocycles. The van der Waals surface area contributed by atoms with Crippen LogP contribution in [0.3, 0.4) is 0 Å². The lowest BCUT2D eigenvalue weighted by Gasteiger charge is -2.32. The second-order valence-electron chi connectivity index (χ2n) is 7.33. The molecule has 1 aromatic rings. The number of fused-ring (bicyclic) bond motifs is 2. The van der Waals surface area contributed by atoms with Crippen LogP contribution < -0.4 is 5.32 Å². The molecule has 0 aliphatic carbocycles. The van der Waals surface area contributed by atoms with E-state index in [0.717, 1.165) is 5.56 Å². The fraction of sp³-hybridized carbons (Fsp3) is 0.611. The van der Waals surface area contributed by atoms with Crippen LogP contribution in [0.15, 0.2) is 30.3 Å². The first-order chi connectivity index (χ1) is 11.8. The van der Waals surface area contributed by atoms with Crippen LogP contribution in [-0.4, -0.2) is 49.7 Å². The number of hydrogen-bond acceptors (Lipinski definition) is 4. The third-order valence-electron chi connectivity index (χ3n) is 4.71. The van der Waals surface area contributed by atoms with Crippen LogP contribution in [0.5, 0.6) is 0 Å². The van der Waals surface area contributed by atoms with Crippen LogP contribution in [0.4, 0.5) is 0 Å². The zero-order valence-corrected chi connectivity index (χ0v) is 15.5. The lowest BCUT2D eigenvalue weighted by Crippen LogP contribution is -2.48. The lowest BCUT2D eigenvalue weighted by molar-refractivity contribution is -0.127. The normalized spacial score (nSPS) is 26.8. The molecule has 3 rings (SSSR count). The Balaban J connectivity index is 1.60. The smallest absolute Gasteiger partial charge is 0.226 e. The molecule has 0 saturated carbocycles. The standard InChI is InChI=1S/C18H26N2O4S/c1-13(2)12-25(22,23)20-10-15-8-16(17(11-20)24-15)18(21)19-9-14-6-4-3-5-7-14/h3-7,13,15-17H,8-12H2,1-2H3,(H,19,21)/t15-,16+,17-/m0/s1. The van der Waals surface area contributed by atoms with Gasteiger partial charge in [0.15, 0.2) is 0 Å². The molecule has 138 valence electrons. The van der Waals surface area contributed by atoms with Crippen molar-refractivity contribution >= 4 is 15.9 Å². The Bertz CT molecular complexity index is 705. The summed E-state index contributed by atoms with van der Waals surface area (Å²) in [6.45, 7) is 4.89. The van der Waals surface area contributed by atoms with E-state index in [4.69, 9.17) is 4.74 Å². The van der Waals surface area contributed by atoms with Gasteiger partial charge in [0.2, 0.25) is 15.9 Å². The van der Waals surface area contributed by atoms with E-state index in [1.807, 2.05) is 44.2 Å². The molecule has 0 aromatic heterocycles. The van der Waals surface area contributed by atoms with Crippen molar-refractivity contribution < 1.29 is 17.9 Å². The number of benzene rings is 1. The molecular weight excluding hydrogens is 340 g/mol. The molecule has 2 saturated heterocycles. The van der Waals surface area contributed by atoms with Gasteiger partial charge in [-0.25, -0.2) is 8.42 Å². The predicted molar refractivity (Wildman–Crippen MR) is 95.3 cm³/mol. The third kappa shape index (κ3) is 4.40. The summed E-state index contributed by atoms with van der Waals surface area (Å²) in [5, 5.41) is 2.95. The SMILES string of the molecule is CC(C)CS(=O)(=O)N1C[C@@H]2C[C@@H](C(=O)NCc3ccccc3)[C@H](C1)O2. The maximum atomic E-state index is 12.5. The highest BCUT2D eigenvalue weighted by Crippen LogP contribution is 2.33. The van der Waals surface area contributed by atoms with Crippen molar-refractivity contribution in [2.24, 2.45) is 11.8 Å². The average Bonchev–Trinajstić information content (AvgIpc) is 2.86. The quantitative estimate of drug-likeness (QED) is 0.825. The fourth-order valence-electron chi connectivity index (χ4n) is 3.57. The Morgan fingerprint density at radius 3 is 2.68 bits per heavy atom. The van der Waals surface area contributed by atoms with Crippen LogP contribution in [0.2, 0.25) is 0 Å². The zero-order valence-electron chi connectivity index (χ0n) is 14.7. The molecule has 25 heavy (non-hydrogen) atoms. The summed E-state index contributed by atoms with van der Waals surface area (Å²) in [4.78, 5) is 12.5. The van der Waals surface area contributed by atoms with Crippen LogP contribution in [-0.2, 0) is 26.1 Å². The second-order valence-corrected chi connectivity index (χ2v) is 9.35. The molecule has 0 radical (unpaired) electrons. The Morgan fingerprint density at radius 2 is 2.00 bits per heavy atom. The maximum absolute atomic E-state index is 12.5. The van der Waals surface area contributed by atoms with Gasteiger partial charge in [0, 0.05) is 19.6 Å². The molecule has 0 spiro atoms. The molecular formula is C18H26N2O4S. The molecule has 1 amide bonds. The average molecular weight is 366 g/mol. The number of nitrogens with zero attached hydrogens (tertiary/aromatic N) is 1. The van der Waals surface area contributed by atoms with Crippen molar-refractivity contribution in [2.45, 2.75) is 39.0 Å². The summed E-state index contributed by atoms with van der Waals surface area (Å²) in [5.74, 6) is -0.125. The molecule has 1 N–H and O–H groups in total. The molecule has 3 atom stereocenters. The highest BCUT2D eigenvalue weighted by Gasteiger charge is 2.47. The summed E-state index contributed by atoms with van der Waals surface area (Å²) >= 11 is 0. The number of carbonyl (C=O) groups excluding carboxylic acids is 1. The van der Waals surface area contributed by atoms with Gasteiger partial charge in [0.25, 0.3) is 0 Å². The molecule has 2 aliphatic heterocycles. The Kier molecular flexibility index (Phi) is 5.46. The zero-order chi connectivity index (χ0) is 18.0. The van der Waals surface area contributed by atoms with Crippen LogP contribution in [0.1, 0.15) is 25.8 Å². The topological polar surface area (TPSA) is 75.7 Å². The summed E-state index contributed by atoms with van der Waals surface area (Å²) in [7, 11) is -3.29. The van der Waals surface area contributed by atoms with Gasteiger partial charge in [0.1, 0.15) is 0 Å². The third-order valence-corrected chi connectivity index (χ3v) is 6.88. The van der Waals surface area contributed by atoms with Gasteiger partial charge in [-0.1, -0.05) is 44.2 Å². The van der Waals surface area contributed by atoms with E-state index in [9.17, 15) is 13.2 Å². The number of hydrogen-bond donors (Lipinski definition) is 1. The largest absolute Gasteiger partial charge is 0.371 e. The van der Waals surface area contributed by atoms with E-state index in [1.54, 1.807) is 0 Å². The molecule has 1 aromatic carbocycles. The van der Waals surface area contributed by atoms with Crippen molar-refractivity contribution in [3.63, 3.8) is 0 Å². The highest BCUT2D eigenvalue weighted by molar-refractivity contribution is 7.89. The van der Waals surface area contributed by atoms with E-state index < -0.39 is 10.0 Å². The number of sulfonamides is 1. The van der Waals surface area contributed by atoms with Crippen molar-refractivity contribution in [3.05, 3.63) is 35.9 Å². The predicted octanol–water partition coefficient (Wildman–Crippen LogP) is 1.38. The van der Waals surface area contributed by atoms with Crippen LogP contribution in [0, 0.1) is 11.8 Å². The summed E-state index contributed by atoms with van der Waals surface area (Å²) in [6.07, 6.45) is 0.0449. The number of morpholine rings is 1. The first-order valence-corrected chi connectivity index (χ1v) is 10.4. The van der Waals surface area contributed by atoms with Gasteiger partial charge in [-0.2, -0.15) is 4.31 Å². The van der Waals surface area contributed by atoms with Gasteiger partial charge < -0.3 is 10.1 Å². The van der Waals surface area contributed by atoms with Gasteiger partial charge in [-0.05, 0) is 17.9 Å². The summed E-state index contributed by atoms with van der Waals surface area (Å²) in [5.41, 5.74) is 1.04. The minimum absolute atomic E-state index is 0.0561. The Hall–Kier alpha value is -1.44. The van der Waals surface area contributed by atoms with Gasteiger partial charge in [-0.3, -0.25) is 4.79 Å². The van der Waals surface area contributed by atoms with E-state index in [1.165, 1.54) is 4.31 Å². The number of rotatable bonds is 6.